The molecule has 4 rings (SSSR count). The van der Waals surface area contributed by atoms with Crippen LogP contribution in [-0.4, -0.2) is 54.9 Å². The summed E-state index contributed by atoms with van der Waals surface area (Å²) in [5.41, 5.74) is 3.63. The number of hydrogen-bond donors (Lipinski definition) is 2. The fraction of sp³-hybridized carbons (Fsp3) is 0.471. The van der Waals surface area contributed by atoms with Gasteiger partial charge in [-0.1, -0.05) is 18.2 Å². The summed E-state index contributed by atoms with van der Waals surface area (Å²) < 4.78 is 10.9. The third-order valence-electron chi connectivity index (χ3n) is 4.54. The van der Waals surface area contributed by atoms with Crippen molar-refractivity contribution in [1.29, 1.82) is 0 Å². The van der Waals surface area contributed by atoms with Crippen molar-refractivity contribution in [3.05, 3.63) is 35.5 Å². The Bertz CT molecular complexity index is 706. The van der Waals surface area contributed by atoms with Crippen LogP contribution in [0.4, 0.5) is 4.79 Å². The smallest absolute Gasteiger partial charge is 0.317 e. The molecule has 0 aliphatic carbocycles. The second kappa shape index (κ2) is 6.22. The standard InChI is InChI=1S/C17H21N3O3/c21-17(18-9-12-11-22-7-8-23-12)20-6-5-16-14(10-20)13-3-1-2-4-15(13)19-16/h1-4,12,19H,5-11H2,(H,18,21)/t12-/m0/s1. The summed E-state index contributed by atoms with van der Waals surface area (Å²) in [6.45, 7) is 3.66. The molecule has 1 fully saturated rings. The second-order valence-corrected chi connectivity index (χ2v) is 6.05. The van der Waals surface area contributed by atoms with Crippen molar-refractivity contribution in [3.63, 3.8) is 0 Å². The van der Waals surface area contributed by atoms with Crippen LogP contribution in [0.3, 0.4) is 0 Å². The van der Waals surface area contributed by atoms with E-state index in [0.717, 1.165) is 18.5 Å². The first-order valence-corrected chi connectivity index (χ1v) is 8.12. The van der Waals surface area contributed by atoms with E-state index in [0.29, 0.717) is 32.9 Å². The van der Waals surface area contributed by atoms with E-state index < -0.39 is 0 Å². The van der Waals surface area contributed by atoms with Gasteiger partial charge in [-0.15, -0.1) is 0 Å². The van der Waals surface area contributed by atoms with Crippen molar-refractivity contribution in [1.82, 2.24) is 15.2 Å². The molecule has 122 valence electrons. The number of ether oxygens (including phenoxy) is 2. The molecule has 0 saturated carbocycles. The fourth-order valence-corrected chi connectivity index (χ4v) is 3.31. The Morgan fingerprint density at radius 1 is 1.35 bits per heavy atom. The van der Waals surface area contributed by atoms with Gasteiger partial charge in [0.05, 0.1) is 25.9 Å². The highest BCUT2D eigenvalue weighted by Crippen LogP contribution is 2.27. The maximum absolute atomic E-state index is 12.4. The van der Waals surface area contributed by atoms with Crippen molar-refractivity contribution in [3.8, 4) is 0 Å². The number of hydrogen-bond acceptors (Lipinski definition) is 3. The number of benzene rings is 1. The van der Waals surface area contributed by atoms with Gasteiger partial charge in [-0.05, 0) is 6.07 Å². The highest BCUT2D eigenvalue weighted by molar-refractivity contribution is 5.85. The number of para-hydroxylation sites is 1. The molecule has 2 aliphatic rings. The van der Waals surface area contributed by atoms with E-state index in [1.54, 1.807) is 0 Å². The van der Waals surface area contributed by atoms with Crippen LogP contribution in [0.15, 0.2) is 24.3 Å². The van der Waals surface area contributed by atoms with Crippen LogP contribution in [-0.2, 0) is 22.4 Å². The molecule has 0 bridgehead atoms. The highest BCUT2D eigenvalue weighted by Gasteiger charge is 2.24. The lowest BCUT2D eigenvalue weighted by atomic mass is 10.0. The molecule has 2 amide bonds. The SMILES string of the molecule is O=C(NC[C@H]1COCCO1)N1CCc2[nH]c3ccccc3c2C1. The van der Waals surface area contributed by atoms with Crippen LogP contribution >= 0.6 is 0 Å². The average Bonchev–Trinajstić information content (AvgIpc) is 2.98. The van der Waals surface area contributed by atoms with E-state index in [1.165, 1.54) is 16.6 Å². The monoisotopic (exact) mass is 315 g/mol. The molecule has 1 atom stereocenters. The first-order valence-electron chi connectivity index (χ1n) is 8.12. The van der Waals surface area contributed by atoms with Gasteiger partial charge in [0.1, 0.15) is 0 Å². The molecule has 0 unspecified atom stereocenters. The Morgan fingerprint density at radius 3 is 3.13 bits per heavy atom. The lowest BCUT2D eigenvalue weighted by Crippen LogP contribution is -2.47. The molecule has 2 aromatic rings. The third-order valence-corrected chi connectivity index (χ3v) is 4.54. The molecule has 3 heterocycles. The first-order chi connectivity index (χ1) is 11.3. The quantitative estimate of drug-likeness (QED) is 0.885. The maximum Gasteiger partial charge on any atom is 0.317 e. The molecule has 0 radical (unpaired) electrons. The number of carbonyl (C=O) groups is 1. The van der Waals surface area contributed by atoms with E-state index in [4.69, 9.17) is 9.47 Å². The van der Waals surface area contributed by atoms with E-state index >= 15 is 0 Å². The first kappa shape index (κ1) is 14.5. The Balaban J connectivity index is 1.41. The van der Waals surface area contributed by atoms with E-state index in [9.17, 15) is 4.79 Å². The maximum atomic E-state index is 12.4. The molecule has 6 nitrogen and oxygen atoms in total. The Morgan fingerprint density at radius 2 is 2.26 bits per heavy atom. The van der Waals surface area contributed by atoms with Gasteiger partial charge >= 0.3 is 6.03 Å². The largest absolute Gasteiger partial charge is 0.376 e. The summed E-state index contributed by atoms with van der Waals surface area (Å²) in [4.78, 5) is 17.7. The molecule has 2 aliphatic heterocycles. The predicted octanol–water partition coefficient (Wildman–Crippen LogP) is 1.65. The second-order valence-electron chi connectivity index (χ2n) is 6.05. The summed E-state index contributed by atoms with van der Waals surface area (Å²) in [6, 6.07) is 8.23. The number of carbonyl (C=O) groups excluding carboxylic acids is 1. The Labute approximate surface area is 134 Å². The molecule has 6 heteroatoms. The number of rotatable bonds is 2. The number of nitrogens with one attached hydrogen (secondary N) is 2. The normalized spacial score (nSPS) is 21.2. The molecule has 2 N–H and O–H groups in total. The number of urea groups is 1. The van der Waals surface area contributed by atoms with Crippen LogP contribution in [0.5, 0.6) is 0 Å². The van der Waals surface area contributed by atoms with Crippen LogP contribution in [0.25, 0.3) is 10.9 Å². The van der Waals surface area contributed by atoms with E-state index in [2.05, 4.69) is 22.4 Å². The van der Waals surface area contributed by atoms with E-state index in [1.807, 2.05) is 17.0 Å². The van der Waals surface area contributed by atoms with Crippen molar-refractivity contribution < 1.29 is 14.3 Å². The third kappa shape index (κ3) is 2.92. The summed E-state index contributed by atoms with van der Waals surface area (Å²) >= 11 is 0. The van der Waals surface area contributed by atoms with Crippen LogP contribution in [0, 0.1) is 0 Å². The fourth-order valence-electron chi connectivity index (χ4n) is 3.31. The topological polar surface area (TPSA) is 66.6 Å². The summed E-state index contributed by atoms with van der Waals surface area (Å²) in [5.74, 6) is 0. The van der Waals surface area contributed by atoms with Gasteiger partial charge in [-0.3, -0.25) is 0 Å². The molecule has 0 spiro atoms. The molecular weight excluding hydrogens is 294 g/mol. The van der Waals surface area contributed by atoms with Crippen LogP contribution in [0.1, 0.15) is 11.3 Å². The Kier molecular flexibility index (Phi) is 3.93. The van der Waals surface area contributed by atoms with Gasteiger partial charge in [0, 0.05) is 48.2 Å². The van der Waals surface area contributed by atoms with Gasteiger partial charge in [0.25, 0.3) is 0 Å². The lowest BCUT2D eigenvalue weighted by molar-refractivity contribution is -0.0856. The average molecular weight is 315 g/mol. The number of aromatic nitrogens is 1. The molecule has 1 aromatic heterocycles. The minimum Gasteiger partial charge on any atom is -0.376 e. The number of fused-ring (bicyclic) bond motifs is 3. The van der Waals surface area contributed by atoms with E-state index in [-0.39, 0.29) is 12.1 Å². The predicted molar refractivity (Wildman–Crippen MR) is 86.4 cm³/mol. The zero-order valence-electron chi connectivity index (χ0n) is 13.0. The Hall–Kier alpha value is -2.05. The van der Waals surface area contributed by atoms with Crippen LogP contribution in [0.2, 0.25) is 0 Å². The zero-order valence-corrected chi connectivity index (χ0v) is 13.0. The number of aromatic amines is 1. The number of nitrogens with zero attached hydrogens (tertiary/aromatic N) is 1. The summed E-state index contributed by atoms with van der Waals surface area (Å²) in [6.07, 6.45) is 0.821. The lowest BCUT2D eigenvalue weighted by Gasteiger charge is -2.29. The van der Waals surface area contributed by atoms with Gasteiger partial charge in [-0.2, -0.15) is 0 Å². The summed E-state index contributed by atoms with van der Waals surface area (Å²) in [7, 11) is 0. The minimum atomic E-state index is -0.0406. The highest BCUT2D eigenvalue weighted by atomic mass is 16.6. The zero-order chi connectivity index (χ0) is 15.6. The molecule has 23 heavy (non-hydrogen) atoms. The van der Waals surface area contributed by atoms with Gasteiger partial charge < -0.3 is 24.7 Å². The van der Waals surface area contributed by atoms with Crippen molar-refractivity contribution in [2.24, 2.45) is 0 Å². The summed E-state index contributed by atoms with van der Waals surface area (Å²) in [5, 5.41) is 4.18. The van der Waals surface area contributed by atoms with Crippen molar-refractivity contribution in [2.75, 3.05) is 32.9 Å². The van der Waals surface area contributed by atoms with Crippen molar-refractivity contribution in [2.45, 2.75) is 19.1 Å². The van der Waals surface area contributed by atoms with Gasteiger partial charge in [0.15, 0.2) is 0 Å². The molecule has 1 aromatic carbocycles. The van der Waals surface area contributed by atoms with Crippen molar-refractivity contribution >= 4 is 16.9 Å². The molecular formula is C17H21N3O3. The van der Waals surface area contributed by atoms with Gasteiger partial charge in [0.2, 0.25) is 0 Å². The van der Waals surface area contributed by atoms with Gasteiger partial charge in [-0.25, -0.2) is 4.79 Å². The number of amides is 2. The number of H-pyrrole nitrogens is 1. The van der Waals surface area contributed by atoms with Crippen LogP contribution < -0.4 is 5.32 Å². The molecule has 1 saturated heterocycles. The minimum absolute atomic E-state index is 0.0323.